The molecule has 1 aromatic rings. The lowest BCUT2D eigenvalue weighted by Crippen LogP contribution is -2.43. The van der Waals surface area contributed by atoms with E-state index < -0.39 is 0 Å². The Labute approximate surface area is 129 Å². The maximum atomic E-state index is 12.2. The zero-order valence-corrected chi connectivity index (χ0v) is 13.0. The van der Waals surface area contributed by atoms with E-state index in [0.717, 1.165) is 0 Å². The molecule has 1 unspecified atom stereocenters. The quantitative estimate of drug-likeness (QED) is 0.857. The first-order valence-corrected chi connectivity index (χ1v) is 7.08. The van der Waals surface area contributed by atoms with Crippen LogP contribution in [0.2, 0.25) is 0 Å². The normalized spacial score (nSPS) is 18.5. The van der Waals surface area contributed by atoms with Crippen LogP contribution in [0, 0.1) is 0 Å². The van der Waals surface area contributed by atoms with Crippen LogP contribution < -0.4 is 9.47 Å². The summed E-state index contributed by atoms with van der Waals surface area (Å²) in [6, 6.07) is 3.28. The summed E-state index contributed by atoms with van der Waals surface area (Å²) < 4.78 is 15.6. The van der Waals surface area contributed by atoms with Crippen molar-refractivity contribution in [2.75, 3.05) is 33.9 Å². The van der Waals surface area contributed by atoms with Crippen molar-refractivity contribution in [3.05, 3.63) is 23.8 Å². The molecule has 0 aromatic heterocycles. The highest BCUT2D eigenvalue weighted by molar-refractivity contribution is 5.92. The lowest BCUT2D eigenvalue weighted by atomic mass is 10.1. The molecule has 0 bridgehead atoms. The number of morpholine rings is 1. The van der Waals surface area contributed by atoms with E-state index in [0.29, 0.717) is 36.8 Å². The number of phenols is 1. The zero-order valence-electron chi connectivity index (χ0n) is 13.0. The van der Waals surface area contributed by atoms with Gasteiger partial charge in [-0.05, 0) is 30.7 Å². The van der Waals surface area contributed by atoms with Crippen LogP contribution in [0.1, 0.15) is 12.5 Å². The molecule has 6 heteroatoms. The molecular weight excluding hydrogens is 286 g/mol. The minimum absolute atomic E-state index is 0.0555. The van der Waals surface area contributed by atoms with Crippen LogP contribution >= 0.6 is 0 Å². The van der Waals surface area contributed by atoms with E-state index in [2.05, 4.69) is 0 Å². The molecule has 1 amide bonds. The minimum Gasteiger partial charge on any atom is -0.502 e. The number of rotatable bonds is 4. The van der Waals surface area contributed by atoms with Gasteiger partial charge in [0.2, 0.25) is 11.7 Å². The Kier molecular flexibility index (Phi) is 5.27. The molecule has 1 fully saturated rings. The molecule has 1 atom stereocenters. The number of nitrogens with zero attached hydrogens (tertiary/aromatic N) is 1. The third-order valence-corrected chi connectivity index (χ3v) is 3.47. The summed E-state index contributed by atoms with van der Waals surface area (Å²) in [5.41, 5.74) is 0.709. The van der Waals surface area contributed by atoms with Crippen molar-refractivity contribution in [1.29, 1.82) is 0 Å². The summed E-state index contributed by atoms with van der Waals surface area (Å²) in [7, 11) is 2.92. The van der Waals surface area contributed by atoms with Crippen molar-refractivity contribution in [2.45, 2.75) is 13.0 Å². The number of aromatic hydroxyl groups is 1. The van der Waals surface area contributed by atoms with Crippen LogP contribution in [-0.2, 0) is 9.53 Å². The number of benzene rings is 1. The van der Waals surface area contributed by atoms with Crippen LogP contribution in [0.4, 0.5) is 0 Å². The fourth-order valence-electron chi connectivity index (χ4n) is 2.30. The molecular formula is C16H21NO5. The van der Waals surface area contributed by atoms with Gasteiger partial charge in [-0.3, -0.25) is 4.79 Å². The predicted molar refractivity (Wildman–Crippen MR) is 82.2 cm³/mol. The predicted octanol–water partition coefficient (Wildman–Crippen LogP) is 1.67. The second-order valence-electron chi connectivity index (χ2n) is 5.07. The van der Waals surface area contributed by atoms with Crippen LogP contribution in [0.5, 0.6) is 17.2 Å². The molecule has 1 heterocycles. The molecule has 0 aliphatic carbocycles. The fourth-order valence-corrected chi connectivity index (χ4v) is 2.30. The zero-order chi connectivity index (χ0) is 16.1. The van der Waals surface area contributed by atoms with Crippen molar-refractivity contribution >= 4 is 12.0 Å². The van der Waals surface area contributed by atoms with Gasteiger partial charge in [-0.15, -0.1) is 0 Å². The summed E-state index contributed by atoms with van der Waals surface area (Å²) in [6.07, 6.45) is 3.23. The van der Waals surface area contributed by atoms with Gasteiger partial charge in [0, 0.05) is 19.2 Å². The molecule has 1 aliphatic heterocycles. The molecule has 1 aromatic carbocycles. The molecule has 2 rings (SSSR count). The average molecular weight is 307 g/mol. The topological polar surface area (TPSA) is 68.2 Å². The number of hydrogen-bond donors (Lipinski definition) is 1. The molecule has 120 valence electrons. The van der Waals surface area contributed by atoms with E-state index >= 15 is 0 Å². The summed E-state index contributed by atoms with van der Waals surface area (Å²) in [4.78, 5) is 13.9. The highest BCUT2D eigenvalue weighted by atomic mass is 16.5. The number of carbonyl (C=O) groups is 1. The number of ether oxygens (including phenoxy) is 3. The molecule has 0 saturated carbocycles. The molecule has 0 radical (unpaired) electrons. The Morgan fingerprint density at radius 1 is 1.36 bits per heavy atom. The Balaban J connectivity index is 2.13. The first-order valence-electron chi connectivity index (χ1n) is 7.08. The summed E-state index contributed by atoms with van der Waals surface area (Å²) in [6.45, 7) is 3.68. The molecule has 1 aliphatic rings. The van der Waals surface area contributed by atoms with Crippen molar-refractivity contribution in [1.82, 2.24) is 4.90 Å². The smallest absolute Gasteiger partial charge is 0.246 e. The van der Waals surface area contributed by atoms with Crippen molar-refractivity contribution in [3.63, 3.8) is 0 Å². The van der Waals surface area contributed by atoms with Gasteiger partial charge in [-0.2, -0.15) is 0 Å². The standard InChI is InChI=1S/C16H21NO5/c1-11-10-17(6-7-22-11)15(18)5-4-12-8-13(20-2)16(19)14(9-12)21-3/h4-5,8-9,11,19H,6-7,10H2,1-3H3/b5-4+. The second-order valence-corrected chi connectivity index (χ2v) is 5.07. The third kappa shape index (κ3) is 3.71. The highest BCUT2D eigenvalue weighted by Crippen LogP contribution is 2.37. The lowest BCUT2D eigenvalue weighted by molar-refractivity contribution is -0.132. The average Bonchev–Trinajstić information content (AvgIpc) is 2.53. The minimum atomic E-state index is -0.0684. The van der Waals surface area contributed by atoms with Crippen molar-refractivity contribution < 1.29 is 24.1 Å². The van der Waals surface area contributed by atoms with E-state index in [9.17, 15) is 9.90 Å². The van der Waals surface area contributed by atoms with Gasteiger partial charge in [0.15, 0.2) is 11.5 Å². The van der Waals surface area contributed by atoms with E-state index in [-0.39, 0.29) is 17.8 Å². The van der Waals surface area contributed by atoms with Crippen LogP contribution in [-0.4, -0.2) is 55.9 Å². The third-order valence-electron chi connectivity index (χ3n) is 3.47. The number of carbonyl (C=O) groups excluding carboxylic acids is 1. The Morgan fingerprint density at radius 2 is 2.00 bits per heavy atom. The number of methoxy groups -OCH3 is 2. The molecule has 1 saturated heterocycles. The SMILES string of the molecule is COc1cc(/C=C/C(=O)N2CCOC(C)C2)cc(OC)c1O. The maximum absolute atomic E-state index is 12.2. The number of hydrogen-bond acceptors (Lipinski definition) is 5. The second kappa shape index (κ2) is 7.17. The highest BCUT2D eigenvalue weighted by Gasteiger charge is 2.19. The van der Waals surface area contributed by atoms with Gasteiger partial charge in [0.05, 0.1) is 26.9 Å². The Bertz CT molecular complexity index is 545. The molecule has 6 nitrogen and oxygen atoms in total. The summed E-state index contributed by atoms with van der Waals surface area (Å²) in [5, 5.41) is 9.86. The Hall–Kier alpha value is -2.21. The van der Waals surface area contributed by atoms with Gasteiger partial charge in [-0.25, -0.2) is 0 Å². The van der Waals surface area contributed by atoms with E-state index in [1.807, 2.05) is 6.92 Å². The number of amides is 1. The summed E-state index contributed by atoms with van der Waals surface area (Å²) in [5.74, 6) is 0.467. The van der Waals surface area contributed by atoms with Crippen molar-refractivity contribution in [2.24, 2.45) is 0 Å². The van der Waals surface area contributed by atoms with E-state index in [1.165, 1.54) is 20.3 Å². The monoisotopic (exact) mass is 307 g/mol. The molecule has 1 N–H and O–H groups in total. The van der Waals surface area contributed by atoms with Gasteiger partial charge in [0.25, 0.3) is 0 Å². The largest absolute Gasteiger partial charge is 0.502 e. The van der Waals surface area contributed by atoms with Gasteiger partial charge >= 0.3 is 0 Å². The number of phenolic OH excluding ortho intramolecular Hbond substituents is 1. The fraction of sp³-hybridized carbons (Fsp3) is 0.438. The van der Waals surface area contributed by atoms with Gasteiger partial charge < -0.3 is 24.2 Å². The van der Waals surface area contributed by atoms with E-state index in [4.69, 9.17) is 14.2 Å². The van der Waals surface area contributed by atoms with Gasteiger partial charge in [-0.1, -0.05) is 0 Å². The lowest BCUT2D eigenvalue weighted by Gasteiger charge is -2.30. The van der Waals surface area contributed by atoms with E-state index in [1.54, 1.807) is 23.1 Å². The molecule has 0 spiro atoms. The van der Waals surface area contributed by atoms with Crippen LogP contribution in [0.15, 0.2) is 18.2 Å². The van der Waals surface area contributed by atoms with Crippen molar-refractivity contribution in [3.8, 4) is 17.2 Å². The Morgan fingerprint density at radius 3 is 2.55 bits per heavy atom. The van der Waals surface area contributed by atoms with Gasteiger partial charge in [0.1, 0.15) is 0 Å². The first kappa shape index (κ1) is 16.2. The molecule has 22 heavy (non-hydrogen) atoms. The summed E-state index contributed by atoms with van der Waals surface area (Å²) >= 11 is 0. The maximum Gasteiger partial charge on any atom is 0.246 e. The van der Waals surface area contributed by atoms with Crippen LogP contribution in [0.3, 0.4) is 0 Å². The first-order chi connectivity index (χ1) is 10.5. The van der Waals surface area contributed by atoms with Crippen LogP contribution in [0.25, 0.3) is 6.08 Å².